The van der Waals surface area contributed by atoms with Gasteiger partial charge in [-0.3, -0.25) is 0 Å². The van der Waals surface area contributed by atoms with Crippen molar-refractivity contribution in [1.82, 2.24) is 0 Å². The molecule has 1 heterocycles. The van der Waals surface area contributed by atoms with E-state index in [1.165, 1.54) is 6.92 Å². The maximum Gasteiger partial charge on any atom is 0.333 e. The fourth-order valence-electron chi connectivity index (χ4n) is 1.49. The summed E-state index contributed by atoms with van der Waals surface area (Å²) >= 11 is 0. The standard InChI is InChI=1S/C8H14O5/c1-3-5(9)6(10)4(2)13-7(3)8(11)12/h3-7,9-10H,1-2H3,(H,11,12)/t3-,4-,5?,6+,7?/m0/s1. The van der Waals surface area contributed by atoms with Gasteiger partial charge in [-0.05, 0) is 6.92 Å². The summed E-state index contributed by atoms with van der Waals surface area (Å²) in [5, 5.41) is 27.5. The van der Waals surface area contributed by atoms with Crippen molar-refractivity contribution >= 4 is 5.97 Å². The Labute approximate surface area is 75.9 Å². The molecule has 3 N–H and O–H groups in total. The van der Waals surface area contributed by atoms with Gasteiger partial charge in [0.1, 0.15) is 6.10 Å². The lowest BCUT2D eigenvalue weighted by Gasteiger charge is -2.38. The summed E-state index contributed by atoms with van der Waals surface area (Å²) in [6.07, 6.45) is -3.73. The van der Waals surface area contributed by atoms with Gasteiger partial charge in [0.25, 0.3) is 0 Å². The molecular formula is C8H14O5. The molecule has 1 aliphatic rings. The molecule has 0 aromatic carbocycles. The Balaban J connectivity index is 2.76. The Morgan fingerprint density at radius 1 is 1.23 bits per heavy atom. The van der Waals surface area contributed by atoms with Crippen molar-refractivity contribution in [2.45, 2.75) is 38.3 Å². The van der Waals surface area contributed by atoms with E-state index < -0.39 is 36.3 Å². The highest BCUT2D eigenvalue weighted by Crippen LogP contribution is 2.25. The SMILES string of the molecule is C[C@@H]1C(C(=O)O)O[C@@H](C)[C@@H](O)C1O. The molecule has 1 saturated heterocycles. The van der Waals surface area contributed by atoms with E-state index in [-0.39, 0.29) is 0 Å². The third-order valence-corrected chi connectivity index (χ3v) is 2.45. The molecule has 1 fully saturated rings. The van der Waals surface area contributed by atoms with Crippen molar-refractivity contribution < 1.29 is 24.9 Å². The van der Waals surface area contributed by atoms with Crippen LogP contribution in [-0.2, 0) is 9.53 Å². The van der Waals surface area contributed by atoms with Gasteiger partial charge < -0.3 is 20.1 Å². The van der Waals surface area contributed by atoms with Crippen LogP contribution in [0, 0.1) is 5.92 Å². The summed E-state index contributed by atoms with van der Waals surface area (Å²) in [5.74, 6) is -1.70. The fraction of sp³-hybridized carbons (Fsp3) is 0.875. The average Bonchev–Trinajstić information content (AvgIpc) is 2.07. The lowest BCUT2D eigenvalue weighted by Crippen LogP contribution is -2.54. The summed E-state index contributed by atoms with van der Waals surface area (Å²) in [7, 11) is 0. The van der Waals surface area contributed by atoms with Gasteiger partial charge in [-0.15, -0.1) is 0 Å². The molecule has 0 radical (unpaired) electrons. The molecule has 0 aliphatic carbocycles. The highest BCUT2D eigenvalue weighted by molar-refractivity contribution is 5.73. The van der Waals surface area contributed by atoms with Crippen molar-refractivity contribution in [3.63, 3.8) is 0 Å². The topological polar surface area (TPSA) is 87.0 Å². The molecule has 13 heavy (non-hydrogen) atoms. The largest absolute Gasteiger partial charge is 0.479 e. The van der Waals surface area contributed by atoms with Crippen LogP contribution in [0.2, 0.25) is 0 Å². The number of hydrogen-bond acceptors (Lipinski definition) is 4. The minimum atomic E-state index is -1.11. The van der Waals surface area contributed by atoms with Gasteiger partial charge in [-0.1, -0.05) is 6.92 Å². The summed E-state index contributed by atoms with van der Waals surface area (Å²) in [6.45, 7) is 3.08. The lowest BCUT2D eigenvalue weighted by molar-refractivity contribution is -0.204. The number of carboxylic acids is 1. The third-order valence-electron chi connectivity index (χ3n) is 2.45. The van der Waals surface area contributed by atoms with Crippen molar-refractivity contribution in [3.05, 3.63) is 0 Å². The molecule has 0 aromatic rings. The second-order valence-electron chi connectivity index (χ2n) is 3.44. The molecule has 1 aliphatic heterocycles. The first-order chi connectivity index (χ1) is 5.95. The normalized spacial score (nSPS) is 46.0. The summed E-state index contributed by atoms with van der Waals surface area (Å²) in [4.78, 5) is 10.6. The first-order valence-electron chi connectivity index (χ1n) is 4.19. The van der Waals surface area contributed by atoms with E-state index in [1.807, 2.05) is 0 Å². The Bertz CT molecular complexity index is 205. The second kappa shape index (κ2) is 3.61. The summed E-state index contributed by atoms with van der Waals surface area (Å²) < 4.78 is 5.03. The van der Waals surface area contributed by atoms with Gasteiger partial charge in [-0.25, -0.2) is 4.79 Å². The number of ether oxygens (including phenoxy) is 1. The van der Waals surface area contributed by atoms with E-state index >= 15 is 0 Å². The molecular weight excluding hydrogens is 176 g/mol. The molecule has 0 saturated carbocycles. The predicted molar refractivity (Wildman–Crippen MR) is 43.1 cm³/mol. The Morgan fingerprint density at radius 2 is 1.77 bits per heavy atom. The Kier molecular flexibility index (Phi) is 2.90. The molecule has 5 nitrogen and oxygen atoms in total. The van der Waals surface area contributed by atoms with Gasteiger partial charge in [0, 0.05) is 5.92 Å². The van der Waals surface area contributed by atoms with Crippen LogP contribution in [0.25, 0.3) is 0 Å². The van der Waals surface area contributed by atoms with Crippen LogP contribution in [-0.4, -0.2) is 45.7 Å². The molecule has 5 heteroatoms. The van der Waals surface area contributed by atoms with Crippen molar-refractivity contribution in [2.75, 3.05) is 0 Å². The van der Waals surface area contributed by atoms with Crippen LogP contribution in [0.5, 0.6) is 0 Å². The summed E-state index contributed by atoms with van der Waals surface area (Å²) in [6, 6.07) is 0. The number of aliphatic carboxylic acids is 1. The lowest BCUT2D eigenvalue weighted by atomic mass is 9.88. The maximum atomic E-state index is 10.6. The number of aliphatic hydroxyl groups excluding tert-OH is 2. The van der Waals surface area contributed by atoms with E-state index in [1.54, 1.807) is 6.92 Å². The fourth-order valence-corrected chi connectivity index (χ4v) is 1.49. The molecule has 5 atom stereocenters. The number of carbonyl (C=O) groups is 1. The van der Waals surface area contributed by atoms with Crippen LogP contribution in [0.3, 0.4) is 0 Å². The van der Waals surface area contributed by atoms with Gasteiger partial charge in [0.2, 0.25) is 0 Å². The zero-order valence-electron chi connectivity index (χ0n) is 7.54. The summed E-state index contributed by atoms with van der Waals surface area (Å²) in [5.41, 5.74) is 0. The van der Waals surface area contributed by atoms with Crippen LogP contribution in [0.4, 0.5) is 0 Å². The average molecular weight is 190 g/mol. The zero-order chi connectivity index (χ0) is 10.2. The van der Waals surface area contributed by atoms with Crippen molar-refractivity contribution in [2.24, 2.45) is 5.92 Å². The number of rotatable bonds is 1. The van der Waals surface area contributed by atoms with Gasteiger partial charge in [0.15, 0.2) is 6.10 Å². The zero-order valence-corrected chi connectivity index (χ0v) is 7.54. The van der Waals surface area contributed by atoms with Crippen molar-refractivity contribution in [1.29, 1.82) is 0 Å². The predicted octanol–water partition coefficient (Wildman–Crippen LogP) is -0.784. The smallest absolute Gasteiger partial charge is 0.333 e. The van der Waals surface area contributed by atoms with E-state index in [0.717, 1.165) is 0 Å². The third kappa shape index (κ3) is 1.82. The van der Waals surface area contributed by atoms with Gasteiger partial charge >= 0.3 is 5.97 Å². The van der Waals surface area contributed by atoms with E-state index in [9.17, 15) is 15.0 Å². The molecule has 1 rings (SSSR count). The van der Waals surface area contributed by atoms with E-state index in [0.29, 0.717) is 0 Å². The van der Waals surface area contributed by atoms with Crippen LogP contribution < -0.4 is 0 Å². The van der Waals surface area contributed by atoms with Gasteiger partial charge in [0.05, 0.1) is 12.2 Å². The maximum absolute atomic E-state index is 10.6. The number of hydrogen-bond donors (Lipinski definition) is 3. The van der Waals surface area contributed by atoms with Crippen molar-refractivity contribution in [3.8, 4) is 0 Å². The molecule has 0 aromatic heterocycles. The highest BCUT2D eigenvalue weighted by Gasteiger charge is 2.43. The van der Waals surface area contributed by atoms with Gasteiger partial charge in [-0.2, -0.15) is 0 Å². The quantitative estimate of drug-likeness (QED) is 0.504. The molecule has 0 amide bonds. The van der Waals surface area contributed by atoms with Crippen LogP contribution in [0.1, 0.15) is 13.8 Å². The molecule has 76 valence electrons. The van der Waals surface area contributed by atoms with Crippen LogP contribution >= 0.6 is 0 Å². The molecule has 2 unspecified atom stereocenters. The number of aliphatic hydroxyl groups is 2. The Morgan fingerprint density at radius 3 is 2.23 bits per heavy atom. The molecule has 0 spiro atoms. The number of carboxylic acid groups (broad SMARTS) is 1. The first kappa shape index (κ1) is 10.4. The highest BCUT2D eigenvalue weighted by atomic mass is 16.5. The minimum Gasteiger partial charge on any atom is -0.479 e. The van der Waals surface area contributed by atoms with Crippen LogP contribution in [0.15, 0.2) is 0 Å². The monoisotopic (exact) mass is 190 g/mol. The minimum absolute atomic E-state index is 0.594. The second-order valence-corrected chi connectivity index (χ2v) is 3.44. The first-order valence-corrected chi connectivity index (χ1v) is 4.19. The Hall–Kier alpha value is -0.650. The molecule has 0 bridgehead atoms. The van der Waals surface area contributed by atoms with E-state index in [2.05, 4.69) is 0 Å². The van der Waals surface area contributed by atoms with E-state index in [4.69, 9.17) is 9.84 Å².